The molecular formula is C12H13N5O3. The molecule has 0 spiro atoms. The molecule has 2 amide bonds. The standard InChI is InChI=1S/C12H13N5O3/c1-7(18)14-11-5-10(15-12(19)20)8(6-13-11)9-3-4-17(2)16-9/h3-6H,1-2H3,(H,19,20)(H2,13,14,15,18). The Labute approximate surface area is 114 Å². The van der Waals surface area contributed by atoms with Gasteiger partial charge in [0.15, 0.2) is 0 Å². The number of aromatic nitrogens is 3. The van der Waals surface area contributed by atoms with Crippen LogP contribution in [0.4, 0.5) is 16.3 Å². The summed E-state index contributed by atoms with van der Waals surface area (Å²) in [7, 11) is 1.76. The monoisotopic (exact) mass is 275 g/mol. The number of amides is 2. The summed E-state index contributed by atoms with van der Waals surface area (Å²) in [5, 5.41) is 17.8. The second-order valence-electron chi connectivity index (χ2n) is 4.10. The van der Waals surface area contributed by atoms with E-state index in [1.807, 2.05) is 0 Å². The molecule has 2 rings (SSSR count). The molecule has 20 heavy (non-hydrogen) atoms. The number of nitrogens with zero attached hydrogens (tertiary/aromatic N) is 3. The average Bonchev–Trinajstić information content (AvgIpc) is 2.74. The predicted octanol–water partition coefficient (Wildman–Crippen LogP) is 1.53. The van der Waals surface area contributed by atoms with Crippen molar-refractivity contribution in [2.75, 3.05) is 10.6 Å². The van der Waals surface area contributed by atoms with E-state index in [-0.39, 0.29) is 11.7 Å². The fraction of sp³-hybridized carbons (Fsp3) is 0.167. The second kappa shape index (κ2) is 5.39. The number of aryl methyl sites for hydroxylation is 1. The summed E-state index contributed by atoms with van der Waals surface area (Å²) in [6, 6.07) is 3.18. The third-order valence-corrected chi connectivity index (χ3v) is 2.44. The first-order valence-corrected chi connectivity index (χ1v) is 5.73. The third kappa shape index (κ3) is 3.10. The van der Waals surface area contributed by atoms with Gasteiger partial charge in [0.1, 0.15) is 5.82 Å². The van der Waals surface area contributed by atoms with Gasteiger partial charge >= 0.3 is 6.09 Å². The van der Waals surface area contributed by atoms with Crippen molar-refractivity contribution in [1.29, 1.82) is 0 Å². The fourth-order valence-electron chi connectivity index (χ4n) is 1.69. The number of anilines is 2. The van der Waals surface area contributed by atoms with Crippen molar-refractivity contribution in [3.8, 4) is 11.3 Å². The molecule has 0 radical (unpaired) electrons. The first-order chi connectivity index (χ1) is 9.45. The van der Waals surface area contributed by atoms with Crippen molar-refractivity contribution < 1.29 is 14.7 Å². The van der Waals surface area contributed by atoms with Crippen molar-refractivity contribution in [3.63, 3.8) is 0 Å². The van der Waals surface area contributed by atoms with Crippen LogP contribution in [0.5, 0.6) is 0 Å². The van der Waals surface area contributed by atoms with Crippen LogP contribution in [0.3, 0.4) is 0 Å². The minimum atomic E-state index is -1.21. The molecule has 8 nitrogen and oxygen atoms in total. The highest BCUT2D eigenvalue weighted by Crippen LogP contribution is 2.27. The summed E-state index contributed by atoms with van der Waals surface area (Å²) in [5.41, 5.74) is 1.41. The Morgan fingerprint density at radius 3 is 2.65 bits per heavy atom. The van der Waals surface area contributed by atoms with Crippen LogP contribution in [0.1, 0.15) is 6.92 Å². The van der Waals surface area contributed by atoms with E-state index in [9.17, 15) is 9.59 Å². The van der Waals surface area contributed by atoms with E-state index in [1.54, 1.807) is 24.0 Å². The topological polar surface area (TPSA) is 109 Å². The molecule has 0 aliphatic carbocycles. The van der Waals surface area contributed by atoms with E-state index in [0.717, 1.165) is 0 Å². The summed E-state index contributed by atoms with van der Waals surface area (Å²) in [6.45, 7) is 1.35. The van der Waals surface area contributed by atoms with Crippen LogP contribution < -0.4 is 10.6 Å². The first-order valence-electron chi connectivity index (χ1n) is 5.73. The zero-order valence-electron chi connectivity index (χ0n) is 10.9. The number of rotatable bonds is 3. The van der Waals surface area contributed by atoms with Gasteiger partial charge in [-0.15, -0.1) is 0 Å². The number of carbonyl (C=O) groups is 2. The summed E-state index contributed by atoms with van der Waals surface area (Å²) in [4.78, 5) is 25.9. The summed E-state index contributed by atoms with van der Waals surface area (Å²) in [5.74, 6) is -0.0229. The molecule has 0 aliphatic rings. The van der Waals surface area contributed by atoms with Crippen LogP contribution >= 0.6 is 0 Å². The molecule has 104 valence electrons. The molecule has 3 N–H and O–H groups in total. The van der Waals surface area contributed by atoms with E-state index in [0.29, 0.717) is 16.9 Å². The Bertz CT molecular complexity index is 665. The van der Waals surface area contributed by atoms with Gasteiger partial charge < -0.3 is 10.4 Å². The SMILES string of the molecule is CC(=O)Nc1cc(NC(=O)O)c(-c2ccn(C)n2)cn1. The van der Waals surface area contributed by atoms with E-state index >= 15 is 0 Å². The van der Waals surface area contributed by atoms with Crippen LogP contribution in [0.25, 0.3) is 11.3 Å². The smallest absolute Gasteiger partial charge is 0.409 e. The highest BCUT2D eigenvalue weighted by atomic mass is 16.4. The van der Waals surface area contributed by atoms with Gasteiger partial charge in [-0.25, -0.2) is 9.78 Å². The normalized spacial score (nSPS) is 10.1. The number of carbonyl (C=O) groups excluding carboxylic acids is 1. The van der Waals surface area contributed by atoms with Gasteiger partial charge in [0.05, 0.1) is 11.4 Å². The highest BCUT2D eigenvalue weighted by molar-refractivity contribution is 5.93. The average molecular weight is 275 g/mol. The van der Waals surface area contributed by atoms with Gasteiger partial charge in [-0.1, -0.05) is 0 Å². The lowest BCUT2D eigenvalue weighted by Gasteiger charge is -2.09. The molecule has 0 unspecified atom stereocenters. The minimum absolute atomic E-state index is 0.265. The first kappa shape index (κ1) is 13.5. The Morgan fingerprint density at radius 1 is 1.35 bits per heavy atom. The van der Waals surface area contributed by atoms with Crippen molar-refractivity contribution >= 4 is 23.5 Å². The van der Waals surface area contributed by atoms with Gasteiger partial charge in [0.25, 0.3) is 0 Å². The summed E-state index contributed by atoms with van der Waals surface area (Å²) in [6.07, 6.45) is 1.99. The Kier molecular flexibility index (Phi) is 3.65. The molecule has 0 aliphatic heterocycles. The molecule has 2 heterocycles. The predicted molar refractivity (Wildman–Crippen MR) is 72.4 cm³/mol. The number of nitrogens with one attached hydrogen (secondary N) is 2. The molecule has 0 saturated carbocycles. The molecule has 0 atom stereocenters. The van der Waals surface area contributed by atoms with Crippen molar-refractivity contribution in [2.45, 2.75) is 6.92 Å². The maximum Gasteiger partial charge on any atom is 0.409 e. The number of pyridine rings is 1. The fourth-order valence-corrected chi connectivity index (χ4v) is 1.69. The number of hydrogen-bond donors (Lipinski definition) is 3. The maximum absolute atomic E-state index is 11.0. The van der Waals surface area contributed by atoms with Crippen LogP contribution in [0, 0.1) is 0 Å². The minimum Gasteiger partial charge on any atom is -0.465 e. The van der Waals surface area contributed by atoms with Crippen LogP contribution in [0.15, 0.2) is 24.5 Å². The van der Waals surface area contributed by atoms with Crippen LogP contribution in [0.2, 0.25) is 0 Å². The number of hydrogen-bond acceptors (Lipinski definition) is 4. The van der Waals surface area contributed by atoms with Gasteiger partial charge in [0.2, 0.25) is 5.91 Å². The van der Waals surface area contributed by atoms with Gasteiger partial charge in [0, 0.05) is 38.0 Å². The Hall–Kier alpha value is -2.90. The highest BCUT2D eigenvalue weighted by Gasteiger charge is 2.12. The van der Waals surface area contributed by atoms with E-state index in [2.05, 4.69) is 20.7 Å². The Balaban J connectivity index is 2.44. The molecule has 0 aromatic carbocycles. The van der Waals surface area contributed by atoms with E-state index < -0.39 is 6.09 Å². The van der Waals surface area contributed by atoms with E-state index in [4.69, 9.17) is 5.11 Å². The molecule has 2 aromatic heterocycles. The molecule has 2 aromatic rings. The summed E-state index contributed by atoms with van der Waals surface area (Å²) >= 11 is 0. The van der Waals surface area contributed by atoms with Crippen LogP contribution in [-0.2, 0) is 11.8 Å². The van der Waals surface area contributed by atoms with Crippen molar-refractivity contribution in [1.82, 2.24) is 14.8 Å². The lowest BCUT2D eigenvalue weighted by Crippen LogP contribution is -2.11. The number of carboxylic acid groups (broad SMARTS) is 1. The maximum atomic E-state index is 11.0. The zero-order valence-corrected chi connectivity index (χ0v) is 10.9. The summed E-state index contributed by atoms with van der Waals surface area (Å²) < 4.78 is 1.60. The van der Waals surface area contributed by atoms with E-state index in [1.165, 1.54) is 19.2 Å². The molecule has 8 heteroatoms. The van der Waals surface area contributed by atoms with Crippen LogP contribution in [-0.4, -0.2) is 31.9 Å². The van der Waals surface area contributed by atoms with Gasteiger partial charge in [-0.2, -0.15) is 5.10 Å². The third-order valence-electron chi connectivity index (χ3n) is 2.44. The molecule has 0 fully saturated rings. The second-order valence-corrected chi connectivity index (χ2v) is 4.10. The zero-order chi connectivity index (χ0) is 14.7. The Morgan fingerprint density at radius 2 is 2.10 bits per heavy atom. The van der Waals surface area contributed by atoms with Gasteiger partial charge in [-0.05, 0) is 6.07 Å². The molecule has 0 bridgehead atoms. The largest absolute Gasteiger partial charge is 0.465 e. The lowest BCUT2D eigenvalue weighted by atomic mass is 10.1. The lowest BCUT2D eigenvalue weighted by molar-refractivity contribution is -0.114. The molecular weight excluding hydrogens is 262 g/mol. The van der Waals surface area contributed by atoms with Crippen molar-refractivity contribution in [2.24, 2.45) is 7.05 Å². The quantitative estimate of drug-likeness (QED) is 0.787. The molecule has 0 saturated heterocycles. The van der Waals surface area contributed by atoms with Crippen molar-refractivity contribution in [3.05, 3.63) is 24.5 Å². The van der Waals surface area contributed by atoms with Gasteiger partial charge in [-0.3, -0.25) is 14.8 Å².